The second kappa shape index (κ2) is 16.0. The second-order valence-electron chi connectivity index (χ2n) is 10.8. The van der Waals surface area contributed by atoms with E-state index in [4.69, 9.17) is 25.8 Å². The fraction of sp³-hybridized carbons (Fsp3) is 0.455. The van der Waals surface area contributed by atoms with Gasteiger partial charge in [0.2, 0.25) is 0 Å². The van der Waals surface area contributed by atoms with E-state index in [0.717, 1.165) is 54.9 Å². The van der Waals surface area contributed by atoms with Gasteiger partial charge in [0.15, 0.2) is 0 Å². The smallest absolute Gasteiger partial charge is 0.129 e. The molecule has 0 amide bonds. The van der Waals surface area contributed by atoms with Gasteiger partial charge in [0, 0.05) is 43.6 Å². The summed E-state index contributed by atoms with van der Waals surface area (Å²) in [4.78, 5) is 2.27. The summed E-state index contributed by atoms with van der Waals surface area (Å²) in [6.45, 7) is 6.41. The first kappa shape index (κ1) is 32.7. The van der Waals surface area contributed by atoms with Crippen molar-refractivity contribution in [2.45, 2.75) is 62.0 Å². The van der Waals surface area contributed by atoms with Crippen molar-refractivity contribution in [1.82, 2.24) is 4.90 Å². The van der Waals surface area contributed by atoms with E-state index in [1.807, 2.05) is 36.6 Å². The molecular formula is C33H40ClF2NO4S. The van der Waals surface area contributed by atoms with Crippen molar-refractivity contribution in [2.24, 2.45) is 0 Å². The molecule has 2 saturated heterocycles. The summed E-state index contributed by atoms with van der Waals surface area (Å²) in [5, 5.41) is 11.0. The van der Waals surface area contributed by atoms with Crippen LogP contribution >= 0.6 is 23.4 Å². The number of thioether (sulfide) groups is 1. The lowest BCUT2D eigenvalue weighted by Crippen LogP contribution is -2.51. The molecular weight excluding hydrogens is 580 g/mol. The van der Waals surface area contributed by atoms with Gasteiger partial charge in [-0.1, -0.05) is 42.5 Å². The standard InChI is InChI=1S/C33H40ClF2NO4S/c1-4-22(15-24-16-23(9-11-29(24)34)32-18-26(38)19-33(41-32)42-3)7-6-14-40-27-20-37(21-27)13-5-8-31(39-2)28-17-25(35)10-12-30(28)36/h4,6-7,9-12,14,16-17,26-27,31-33,38H,1,5,8,13,15,18-21H2,2-3H3/b14-6+,22-7+. The molecule has 4 unspecified atom stereocenters. The number of ether oxygens (including phenoxy) is 3. The fourth-order valence-electron chi connectivity index (χ4n) is 5.35. The van der Waals surface area contributed by atoms with Gasteiger partial charge in [-0.2, -0.15) is 0 Å². The Hall–Kier alpha value is -2.20. The number of methoxy groups -OCH3 is 1. The Morgan fingerprint density at radius 1 is 1.24 bits per heavy atom. The number of benzene rings is 2. The lowest BCUT2D eigenvalue weighted by atomic mass is 9.95. The summed E-state index contributed by atoms with van der Waals surface area (Å²) < 4.78 is 45.1. The third-order valence-corrected chi connectivity index (χ3v) is 8.94. The van der Waals surface area contributed by atoms with E-state index >= 15 is 0 Å². The van der Waals surface area contributed by atoms with Gasteiger partial charge in [0.05, 0.1) is 24.6 Å². The summed E-state index contributed by atoms with van der Waals surface area (Å²) in [7, 11) is 1.52. The summed E-state index contributed by atoms with van der Waals surface area (Å²) >= 11 is 8.14. The Kier molecular flexibility index (Phi) is 12.5. The van der Waals surface area contributed by atoms with Crippen molar-refractivity contribution in [3.63, 3.8) is 0 Å². The molecule has 5 nitrogen and oxygen atoms in total. The van der Waals surface area contributed by atoms with Crippen LogP contribution in [-0.2, 0) is 20.6 Å². The van der Waals surface area contributed by atoms with Gasteiger partial charge < -0.3 is 19.3 Å². The molecule has 4 rings (SSSR count). The predicted octanol–water partition coefficient (Wildman–Crippen LogP) is 7.56. The van der Waals surface area contributed by atoms with Gasteiger partial charge in [0.25, 0.3) is 0 Å². The van der Waals surface area contributed by atoms with E-state index in [1.165, 1.54) is 13.2 Å². The quantitative estimate of drug-likeness (QED) is 0.174. The summed E-state index contributed by atoms with van der Waals surface area (Å²) in [5.74, 6) is -0.912. The van der Waals surface area contributed by atoms with Crippen molar-refractivity contribution in [3.8, 4) is 0 Å². The minimum Gasteiger partial charge on any atom is -0.495 e. The topological polar surface area (TPSA) is 51.2 Å². The van der Waals surface area contributed by atoms with Crippen LogP contribution in [0.4, 0.5) is 8.78 Å². The Labute approximate surface area is 257 Å². The highest BCUT2D eigenvalue weighted by atomic mass is 35.5. The number of allylic oxidation sites excluding steroid dienone is 4. The highest BCUT2D eigenvalue weighted by Crippen LogP contribution is 2.36. The number of aliphatic hydroxyl groups is 1. The normalized spacial score (nSPS) is 22.7. The van der Waals surface area contributed by atoms with Crippen LogP contribution in [0.1, 0.15) is 54.6 Å². The molecule has 228 valence electrons. The maximum atomic E-state index is 14.1. The zero-order valence-electron chi connectivity index (χ0n) is 24.2. The molecule has 0 aromatic heterocycles. The Balaban J connectivity index is 1.21. The molecule has 0 radical (unpaired) electrons. The van der Waals surface area contributed by atoms with Crippen molar-refractivity contribution < 1.29 is 28.1 Å². The minimum absolute atomic E-state index is 0.0184. The van der Waals surface area contributed by atoms with Gasteiger partial charge in [0.1, 0.15) is 23.2 Å². The van der Waals surface area contributed by atoms with Gasteiger partial charge in [-0.3, -0.25) is 4.90 Å². The SMILES string of the molecule is C=C/C(=C\C=C\OC1CN(CCCC(OC)c2cc(F)ccc2F)C1)Cc1cc(C2CC(O)CC(SC)O2)ccc1Cl. The first-order chi connectivity index (χ1) is 20.3. The number of halogens is 3. The number of hydrogen-bond donors (Lipinski definition) is 1. The molecule has 2 fully saturated rings. The van der Waals surface area contributed by atoms with Crippen LogP contribution in [0.3, 0.4) is 0 Å². The summed E-state index contributed by atoms with van der Waals surface area (Å²) in [6, 6.07) is 9.39. The van der Waals surface area contributed by atoms with Crippen LogP contribution in [0.15, 0.2) is 73.0 Å². The number of hydrogen-bond acceptors (Lipinski definition) is 6. The largest absolute Gasteiger partial charge is 0.495 e. The Bertz CT molecular complexity index is 1250. The Morgan fingerprint density at radius 2 is 2.05 bits per heavy atom. The molecule has 0 aliphatic carbocycles. The van der Waals surface area contributed by atoms with E-state index in [-0.39, 0.29) is 29.3 Å². The van der Waals surface area contributed by atoms with E-state index in [2.05, 4.69) is 17.5 Å². The molecule has 0 bridgehead atoms. The first-order valence-electron chi connectivity index (χ1n) is 14.3. The van der Waals surface area contributed by atoms with Gasteiger partial charge >= 0.3 is 0 Å². The van der Waals surface area contributed by atoms with E-state index in [0.29, 0.717) is 30.7 Å². The lowest BCUT2D eigenvalue weighted by molar-refractivity contribution is -0.0605. The van der Waals surface area contributed by atoms with Crippen LogP contribution in [-0.4, -0.2) is 60.7 Å². The molecule has 0 saturated carbocycles. The van der Waals surface area contributed by atoms with Crippen LogP contribution < -0.4 is 0 Å². The average Bonchev–Trinajstić information content (AvgIpc) is 2.96. The van der Waals surface area contributed by atoms with E-state index < -0.39 is 17.7 Å². The first-order valence-corrected chi connectivity index (χ1v) is 15.9. The third-order valence-electron chi connectivity index (χ3n) is 7.74. The molecule has 2 aliphatic rings. The Morgan fingerprint density at radius 3 is 2.79 bits per heavy atom. The van der Waals surface area contributed by atoms with Gasteiger partial charge in [-0.15, -0.1) is 11.8 Å². The van der Waals surface area contributed by atoms with E-state index in [9.17, 15) is 13.9 Å². The highest BCUT2D eigenvalue weighted by Gasteiger charge is 2.29. The van der Waals surface area contributed by atoms with Crippen LogP contribution in [0.5, 0.6) is 0 Å². The van der Waals surface area contributed by atoms with Crippen LogP contribution in [0.25, 0.3) is 0 Å². The molecule has 4 atom stereocenters. The average molecular weight is 620 g/mol. The fourth-order valence-corrected chi connectivity index (χ4v) is 6.19. The van der Waals surface area contributed by atoms with Crippen LogP contribution in [0.2, 0.25) is 5.02 Å². The predicted molar refractivity (Wildman–Crippen MR) is 166 cm³/mol. The molecule has 9 heteroatoms. The van der Waals surface area contributed by atoms with Crippen LogP contribution in [0, 0.1) is 11.6 Å². The zero-order chi connectivity index (χ0) is 30.1. The zero-order valence-corrected chi connectivity index (χ0v) is 25.8. The molecule has 2 aliphatic heterocycles. The number of nitrogens with zero attached hydrogens (tertiary/aromatic N) is 1. The monoisotopic (exact) mass is 619 g/mol. The number of rotatable bonds is 14. The number of aliphatic hydroxyl groups excluding tert-OH is 1. The molecule has 42 heavy (non-hydrogen) atoms. The van der Waals surface area contributed by atoms with Crippen molar-refractivity contribution in [3.05, 3.63) is 106 Å². The summed E-state index contributed by atoms with van der Waals surface area (Å²) in [5.41, 5.74) is 3.23. The lowest BCUT2D eigenvalue weighted by Gasteiger charge is -2.38. The molecule has 2 heterocycles. The maximum absolute atomic E-state index is 14.1. The second-order valence-corrected chi connectivity index (χ2v) is 12.2. The van der Waals surface area contributed by atoms with Gasteiger partial charge in [-0.25, -0.2) is 8.78 Å². The van der Waals surface area contributed by atoms with Crippen molar-refractivity contribution >= 4 is 23.4 Å². The van der Waals surface area contributed by atoms with E-state index in [1.54, 1.807) is 18.0 Å². The maximum Gasteiger partial charge on any atom is 0.129 e. The molecule has 2 aromatic rings. The van der Waals surface area contributed by atoms with Crippen molar-refractivity contribution in [2.75, 3.05) is 33.0 Å². The summed E-state index contributed by atoms with van der Waals surface area (Å²) in [6.07, 6.45) is 11.7. The molecule has 1 N–H and O–H groups in total. The minimum atomic E-state index is -0.471. The molecule has 2 aromatic carbocycles. The number of likely N-dealkylation sites (tertiary alicyclic amines) is 1. The van der Waals surface area contributed by atoms with Crippen molar-refractivity contribution in [1.29, 1.82) is 0 Å². The molecule has 0 spiro atoms. The van der Waals surface area contributed by atoms with Gasteiger partial charge in [-0.05, 0) is 79.1 Å². The third kappa shape index (κ3) is 9.15. The highest BCUT2D eigenvalue weighted by molar-refractivity contribution is 7.99.